The molecule has 0 saturated heterocycles. The zero-order valence-corrected chi connectivity index (χ0v) is 15.3. The third-order valence-corrected chi connectivity index (χ3v) is 5.54. The number of hydrogen-bond acceptors (Lipinski definition) is 5. The average molecular weight is 357 g/mol. The van der Waals surface area contributed by atoms with Gasteiger partial charge in [0.1, 0.15) is 11.3 Å². The van der Waals surface area contributed by atoms with Gasteiger partial charge in [0.25, 0.3) is 0 Å². The molecular formula is C19H23N3O2S. The monoisotopic (exact) mass is 357 g/mol. The lowest BCUT2D eigenvalue weighted by atomic mass is 10.00. The number of nitrogens with zero attached hydrogens (tertiary/aromatic N) is 2. The van der Waals surface area contributed by atoms with Crippen LogP contribution < -0.4 is 5.32 Å². The molecule has 1 amide bonds. The first kappa shape index (κ1) is 17.7. The van der Waals surface area contributed by atoms with E-state index in [4.69, 9.17) is 4.42 Å². The highest BCUT2D eigenvalue weighted by atomic mass is 32.1. The van der Waals surface area contributed by atoms with Crippen LogP contribution in [0.4, 0.5) is 0 Å². The minimum absolute atomic E-state index is 0.0942. The van der Waals surface area contributed by atoms with Gasteiger partial charge in [-0.15, -0.1) is 11.3 Å². The summed E-state index contributed by atoms with van der Waals surface area (Å²) in [7, 11) is 0. The molecule has 1 aliphatic carbocycles. The Kier molecular flexibility index (Phi) is 5.57. The first-order valence-corrected chi connectivity index (χ1v) is 9.42. The number of furan rings is 1. The highest BCUT2D eigenvalue weighted by Crippen LogP contribution is 2.29. The van der Waals surface area contributed by atoms with Gasteiger partial charge in [-0.2, -0.15) is 5.26 Å². The van der Waals surface area contributed by atoms with Gasteiger partial charge in [0.05, 0.1) is 25.4 Å². The predicted octanol–water partition coefficient (Wildman–Crippen LogP) is 3.60. The number of carbonyl (C=O) groups is 1. The lowest BCUT2D eigenvalue weighted by molar-refractivity contribution is -0.123. The van der Waals surface area contributed by atoms with Crippen LogP contribution in [-0.4, -0.2) is 22.9 Å². The molecule has 2 aromatic heterocycles. The Morgan fingerprint density at radius 2 is 2.16 bits per heavy atom. The summed E-state index contributed by atoms with van der Waals surface area (Å²) >= 11 is 1.74. The second kappa shape index (κ2) is 7.85. The van der Waals surface area contributed by atoms with E-state index in [1.54, 1.807) is 17.6 Å². The standard InChI is InChI=1S/C19H23N3O2S/c1-15-6-7-17(25-15)12-22(11-16-5-4-10-24-16)13-18(23)21-19(14-20)8-2-3-9-19/h4-7,10H,2-3,8-9,11-13H2,1H3,(H,21,23). The molecule has 2 heterocycles. The Labute approximate surface area is 152 Å². The van der Waals surface area contributed by atoms with Crippen molar-refractivity contribution in [3.8, 4) is 6.07 Å². The number of amides is 1. The van der Waals surface area contributed by atoms with Crippen LogP contribution in [0.2, 0.25) is 0 Å². The van der Waals surface area contributed by atoms with E-state index in [9.17, 15) is 10.1 Å². The van der Waals surface area contributed by atoms with Crippen LogP contribution in [-0.2, 0) is 17.9 Å². The van der Waals surface area contributed by atoms with Gasteiger partial charge in [-0.05, 0) is 56.9 Å². The van der Waals surface area contributed by atoms with E-state index >= 15 is 0 Å². The fourth-order valence-electron chi connectivity index (χ4n) is 3.33. The van der Waals surface area contributed by atoms with Crippen LogP contribution >= 0.6 is 11.3 Å². The van der Waals surface area contributed by atoms with Gasteiger partial charge >= 0.3 is 0 Å². The van der Waals surface area contributed by atoms with Crippen molar-refractivity contribution in [2.45, 2.75) is 51.2 Å². The summed E-state index contributed by atoms with van der Waals surface area (Å²) in [6.45, 7) is 3.58. The smallest absolute Gasteiger partial charge is 0.235 e. The maximum Gasteiger partial charge on any atom is 0.235 e. The summed E-state index contributed by atoms with van der Waals surface area (Å²) in [5, 5.41) is 12.4. The molecule has 5 nitrogen and oxygen atoms in total. The van der Waals surface area contributed by atoms with Gasteiger partial charge < -0.3 is 9.73 Å². The number of hydrogen-bond donors (Lipinski definition) is 1. The molecule has 1 aliphatic rings. The second-order valence-corrected chi connectivity index (χ2v) is 8.06. The molecule has 132 valence electrons. The van der Waals surface area contributed by atoms with Crippen molar-refractivity contribution in [1.29, 1.82) is 5.26 Å². The number of rotatable bonds is 7. The summed E-state index contributed by atoms with van der Waals surface area (Å²) in [6.07, 6.45) is 5.14. The SMILES string of the molecule is Cc1ccc(CN(CC(=O)NC2(C#N)CCCC2)Cc2ccco2)s1. The summed E-state index contributed by atoms with van der Waals surface area (Å²) < 4.78 is 5.44. The summed E-state index contributed by atoms with van der Waals surface area (Å²) in [5.41, 5.74) is -0.674. The third-order valence-electron chi connectivity index (χ3n) is 4.55. The largest absolute Gasteiger partial charge is 0.468 e. The van der Waals surface area contributed by atoms with Gasteiger partial charge in [-0.1, -0.05) is 0 Å². The van der Waals surface area contributed by atoms with E-state index < -0.39 is 5.54 Å². The molecule has 0 aliphatic heterocycles. The summed E-state index contributed by atoms with van der Waals surface area (Å²) in [4.78, 5) is 17.1. The van der Waals surface area contributed by atoms with Crippen LogP contribution in [0.25, 0.3) is 0 Å². The highest BCUT2D eigenvalue weighted by molar-refractivity contribution is 7.11. The van der Waals surface area contributed by atoms with E-state index in [0.29, 0.717) is 13.1 Å². The zero-order chi connectivity index (χ0) is 17.7. The minimum Gasteiger partial charge on any atom is -0.468 e. The maximum absolute atomic E-state index is 12.6. The molecule has 1 N–H and O–H groups in total. The number of nitrogens with one attached hydrogen (secondary N) is 1. The number of carbonyl (C=O) groups excluding carboxylic acids is 1. The molecule has 0 bridgehead atoms. The van der Waals surface area contributed by atoms with Crippen LogP contribution in [0, 0.1) is 18.3 Å². The van der Waals surface area contributed by atoms with Crippen molar-refractivity contribution < 1.29 is 9.21 Å². The van der Waals surface area contributed by atoms with Gasteiger partial charge in [0, 0.05) is 16.3 Å². The van der Waals surface area contributed by atoms with Crippen LogP contribution in [0.15, 0.2) is 34.9 Å². The molecule has 0 aromatic carbocycles. The fraction of sp³-hybridized carbons (Fsp3) is 0.474. The molecular weight excluding hydrogens is 334 g/mol. The molecule has 1 saturated carbocycles. The quantitative estimate of drug-likeness (QED) is 0.822. The fourth-order valence-corrected chi connectivity index (χ4v) is 4.27. The van der Waals surface area contributed by atoms with Crippen LogP contribution in [0.1, 0.15) is 41.2 Å². The van der Waals surface area contributed by atoms with Gasteiger partial charge in [0.15, 0.2) is 0 Å². The van der Waals surface area contributed by atoms with E-state index in [1.807, 2.05) is 12.1 Å². The Bertz CT molecular complexity index is 739. The number of nitriles is 1. The predicted molar refractivity (Wildman–Crippen MR) is 96.8 cm³/mol. The van der Waals surface area contributed by atoms with Crippen molar-refractivity contribution in [1.82, 2.24) is 10.2 Å². The minimum atomic E-state index is -0.674. The Morgan fingerprint density at radius 1 is 1.36 bits per heavy atom. The molecule has 0 unspecified atom stereocenters. The average Bonchev–Trinajstić information content (AvgIpc) is 3.31. The van der Waals surface area contributed by atoms with E-state index in [-0.39, 0.29) is 12.5 Å². The Hall–Kier alpha value is -2.10. The molecule has 0 radical (unpaired) electrons. The van der Waals surface area contributed by atoms with Crippen molar-refractivity contribution in [3.05, 3.63) is 46.0 Å². The van der Waals surface area contributed by atoms with E-state index in [2.05, 4.69) is 35.3 Å². The first-order chi connectivity index (χ1) is 12.1. The Balaban J connectivity index is 1.65. The molecule has 2 aromatic rings. The van der Waals surface area contributed by atoms with Crippen LogP contribution in [0.5, 0.6) is 0 Å². The first-order valence-electron chi connectivity index (χ1n) is 8.61. The zero-order valence-electron chi connectivity index (χ0n) is 14.5. The molecule has 25 heavy (non-hydrogen) atoms. The van der Waals surface area contributed by atoms with Gasteiger partial charge in [-0.25, -0.2) is 0 Å². The molecule has 6 heteroatoms. The highest BCUT2D eigenvalue weighted by Gasteiger charge is 2.35. The molecule has 3 rings (SSSR count). The second-order valence-electron chi connectivity index (χ2n) is 6.69. The van der Waals surface area contributed by atoms with Gasteiger partial charge in [-0.3, -0.25) is 9.69 Å². The molecule has 0 atom stereocenters. The normalized spacial score (nSPS) is 16.0. The third kappa shape index (κ3) is 4.71. The topological polar surface area (TPSA) is 69.3 Å². The summed E-state index contributed by atoms with van der Waals surface area (Å²) in [5.74, 6) is 0.736. The van der Waals surface area contributed by atoms with E-state index in [1.165, 1.54) is 9.75 Å². The van der Waals surface area contributed by atoms with Crippen molar-refractivity contribution >= 4 is 17.2 Å². The van der Waals surface area contributed by atoms with Crippen molar-refractivity contribution in [2.75, 3.05) is 6.54 Å². The lowest BCUT2D eigenvalue weighted by Crippen LogP contribution is -2.48. The van der Waals surface area contributed by atoms with Crippen LogP contribution in [0.3, 0.4) is 0 Å². The molecule has 1 fully saturated rings. The van der Waals surface area contributed by atoms with E-state index in [0.717, 1.165) is 31.4 Å². The summed E-state index contributed by atoms with van der Waals surface area (Å²) in [6, 6.07) is 10.3. The lowest BCUT2D eigenvalue weighted by Gasteiger charge is -2.25. The van der Waals surface area contributed by atoms with Crippen molar-refractivity contribution in [3.63, 3.8) is 0 Å². The Morgan fingerprint density at radius 3 is 2.76 bits per heavy atom. The molecule has 0 spiro atoms. The van der Waals surface area contributed by atoms with Crippen molar-refractivity contribution in [2.24, 2.45) is 0 Å². The number of thiophene rings is 1. The number of aryl methyl sites for hydroxylation is 1. The van der Waals surface area contributed by atoms with Gasteiger partial charge in [0.2, 0.25) is 5.91 Å². The maximum atomic E-state index is 12.6.